The molecule has 0 bridgehead atoms. The van der Waals surface area contributed by atoms with E-state index in [1.165, 1.54) is 12.1 Å². The molecule has 3 aromatic carbocycles. The normalized spacial score (nSPS) is 12.0. The molecule has 0 radical (unpaired) electrons. The average molecular weight is 376 g/mol. The number of hydrogen-bond donors (Lipinski definition) is 0. The monoisotopic (exact) mass is 376 g/mol. The fourth-order valence-electron chi connectivity index (χ4n) is 2.90. The maximum absolute atomic E-state index is 12.8. The zero-order chi connectivity index (χ0) is 19.6. The van der Waals surface area contributed by atoms with Crippen LogP contribution >= 0.6 is 0 Å². The zero-order valence-electron chi connectivity index (χ0n) is 14.7. The van der Waals surface area contributed by atoms with Crippen molar-refractivity contribution in [1.82, 2.24) is 9.97 Å². The molecule has 0 saturated heterocycles. The smallest absolute Gasteiger partial charge is 0.228 e. The van der Waals surface area contributed by atoms with E-state index in [1.54, 1.807) is 0 Å². The van der Waals surface area contributed by atoms with Gasteiger partial charge in [-0.3, -0.25) is 0 Å². The number of rotatable bonds is 3. The van der Waals surface area contributed by atoms with Crippen molar-refractivity contribution in [2.75, 3.05) is 0 Å². The van der Waals surface area contributed by atoms with E-state index >= 15 is 0 Å². The molecule has 0 saturated carbocycles. The van der Waals surface area contributed by atoms with Crippen LogP contribution in [-0.2, 0) is 6.18 Å². The van der Waals surface area contributed by atoms with Gasteiger partial charge in [-0.05, 0) is 29.8 Å². The fraction of sp³-hybridized carbons (Fsp3) is 0.0435. The lowest BCUT2D eigenvalue weighted by atomic mass is 10.1. The van der Waals surface area contributed by atoms with Crippen molar-refractivity contribution in [1.29, 1.82) is 0 Å². The number of fused-ring (bicyclic) bond motifs is 1. The fourth-order valence-corrected chi connectivity index (χ4v) is 2.90. The number of halogens is 3. The Balaban J connectivity index is 1.79. The van der Waals surface area contributed by atoms with Gasteiger partial charge in [0, 0.05) is 10.9 Å². The first-order valence-corrected chi connectivity index (χ1v) is 8.68. The molecule has 28 heavy (non-hydrogen) atoms. The van der Waals surface area contributed by atoms with Crippen molar-refractivity contribution in [2.45, 2.75) is 6.18 Å². The second-order valence-corrected chi connectivity index (χ2v) is 6.27. The Morgan fingerprint density at radius 1 is 0.679 bits per heavy atom. The van der Waals surface area contributed by atoms with Crippen LogP contribution < -0.4 is 0 Å². The second kappa shape index (κ2) is 7.27. The van der Waals surface area contributed by atoms with Crippen LogP contribution in [0.25, 0.3) is 34.4 Å². The predicted molar refractivity (Wildman–Crippen MR) is 105 cm³/mol. The van der Waals surface area contributed by atoms with Crippen LogP contribution in [0.15, 0.2) is 78.9 Å². The summed E-state index contributed by atoms with van der Waals surface area (Å²) in [5, 5.41) is 0.880. The van der Waals surface area contributed by atoms with Gasteiger partial charge in [0.25, 0.3) is 0 Å². The van der Waals surface area contributed by atoms with Gasteiger partial charge >= 0.3 is 6.18 Å². The van der Waals surface area contributed by atoms with Crippen molar-refractivity contribution >= 4 is 23.1 Å². The average Bonchev–Trinajstić information content (AvgIpc) is 2.72. The maximum Gasteiger partial charge on any atom is 0.416 e. The Labute approximate surface area is 160 Å². The molecule has 0 unspecified atom stereocenters. The van der Waals surface area contributed by atoms with Crippen LogP contribution in [0.4, 0.5) is 13.2 Å². The van der Waals surface area contributed by atoms with Gasteiger partial charge in [-0.25, -0.2) is 9.97 Å². The Hall–Kier alpha value is -3.47. The molecule has 0 fully saturated rings. The minimum absolute atomic E-state index is 0.389. The lowest BCUT2D eigenvalue weighted by Gasteiger charge is -2.09. The summed E-state index contributed by atoms with van der Waals surface area (Å²) in [6.07, 6.45) is -0.523. The number of alkyl halides is 3. The van der Waals surface area contributed by atoms with E-state index in [0.717, 1.165) is 28.6 Å². The Morgan fingerprint density at radius 3 is 2.07 bits per heavy atom. The first kappa shape index (κ1) is 17.9. The summed E-state index contributed by atoms with van der Waals surface area (Å²) in [6.45, 7) is 0. The lowest BCUT2D eigenvalue weighted by molar-refractivity contribution is -0.137. The molecule has 0 atom stereocenters. The highest BCUT2D eigenvalue weighted by atomic mass is 19.4. The van der Waals surface area contributed by atoms with Crippen molar-refractivity contribution in [3.05, 3.63) is 95.7 Å². The van der Waals surface area contributed by atoms with Gasteiger partial charge in [0.2, 0.25) is 0 Å². The number of aromatic nitrogens is 2. The zero-order valence-corrected chi connectivity index (χ0v) is 14.7. The van der Waals surface area contributed by atoms with Crippen LogP contribution in [0.5, 0.6) is 0 Å². The summed E-state index contributed by atoms with van der Waals surface area (Å²) in [7, 11) is 0. The van der Waals surface area contributed by atoms with Crippen LogP contribution in [0.2, 0.25) is 0 Å². The molecule has 1 heterocycles. The lowest BCUT2D eigenvalue weighted by Crippen LogP contribution is -2.04. The van der Waals surface area contributed by atoms with E-state index in [9.17, 15) is 13.2 Å². The minimum Gasteiger partial charge on any atom is -0.228 e. The largest absolute Gasteiger partial charge is 0.416 e. The van der Waals surface area contributed by atoms with E-state index in [4.69, 9.17) is 0 Å². The minimum atomic E-state index is -4.37. The molecular weight excluding hydrogens is 361 g/mol. The molecule has 0 aliphatic rings. The van der Waals surface area contributed by atoms with Gasteiger partial charge in [0.15, 0.2) is 5.82 Å². The number of hydrogen-bond acceptors (Lipinski definition) is 2. The summed E-state index contributed by atoms with van der Waals surface area (Å²) in [5.74, 6) is 0.389. The van der Waals surface area contributed by atoms with Crippen molar-refractivity contribution in [3.63, 3.8) is 0 Å². The van der Waals surface area contributed by atoms with E-state index in [1.807, 2.05) is 66.7 Å². The van der Waals surface area contributed by atoms with Crippen LogP contribution in [0.1, 0.15) is 16.8 Å². The van der Waals surface area contributed by atoms with Crippen molar-refractivity contribution < 1.29 is 13.2 Å². The Bertz CT molecular complexity index is 1130. The highest BCUT2D eigenvalue weighted by Crippen LogP contribution is 2.31. The van der Waals surface area contributed by atoms with E-state index in [-0.39, 0.29) is 0 Å². The molecule has 4 rings (SSSR count). The van der Waals surface area contributed by atoms with Gasteiger partial charge < -0.3 is 0 Å². The first-order valence-electron chi connectivity index (χ1n) is 8.68. The molecule has 1 aromatic heterocycles. The van der Waals surface area contributed by atoms with E-state index in [0.29, 0.717) is 17.1 Å². The van der Waals surface area contributed by atoms with Crippen LogP contribution in [0, 0.1) is 0 Å². The molecule has 0 spiro atoms. The molecule has 2 nitrogen and oxygen atoms in total. The van der Waals surface area contributed by atoms with Gasteiger partial charge in [0.05, 0.1) is 16.8 Å². The van der Waals surface area contributed by atoms with Crippen molar-refractivity contribution in [3.8, 4) is 11.4 Å². The summed E-state index contributed by atoms with van der Waals surface area (Å²) in [4.78, 5) is 9.13. The van der Waals surface area contributed by atoms with Gasteiger partial charge in [-0.15, -0.1) is 0 Å². The van der Waals surface area contributed by atoms with E-state index in [2.05, 4.69) is 9.97 Å². The summed E-state index contributed by atoms with van der Waals surface area (Å²) in [5.41, 5.74) is 2.32. The third kappa shape index (κ3) is 3.78. The van der Waals surface area contributed by atoms with Crippen LogP contribution in [-0.4, -0.2) is 9.97 Å². The summed E-state index contributed by atoms with van der Waals surface area (Å²) >= 11 is 0. The quantitative estimate of drug-likeness (QED) is 0.409. The third-order valence-electron chi connectivity index (χ3n) is 4.34. The van der Waals surface area contributed by atoms with Gasteiger partial charge in [0.1, 0.15) is 0 Å². The summed E-state index contributed by atoms with van der Waals surface area (Å²) in [6, 6.07) is 22.3. The molecule has 4 aromatic rings. The second-order valence-electron chi connectivity index (χ2n) is 6.27. The number of benzene rings is 3. The standard InChI is InChI=1S/C23H15F3N2/c24-23(25,26)18-13-11-17(12-14-18)22-27-20-9-5-4-8-19(20)21(28-22)15-10-16-6-2-1-3-7-16/h1-15H/b15-10+. The molecule has 0 N–H and O–H groups in total. The molecule has 0 aliphatic heterocycles. The molecule has 5 heteroatoms. The topological polar surface area (TPSA) is 25.8 Å². The van der Waals surface area contributed by atoms with Crippen LogP contribution in [0.3, 0.4) is 0 Å². The Kier molecular flexibility index (Phi) is 4.65. The number of nitrogens with zero attached hydrogens (tertiary/aromatic N) is 2. The highest BCUT2D eigenvalue weighted by Gasteiger charge is 2.30. The molecular formula is C23H15F3N2. The first-order chi connectivity index (χ1) is 13.5. The summed E-state index contributed by atoms with van der Waals surface area (Å²) < 4.78 is 38.4. The highest BCUT2D eigenvalue weighted by molar-refractivity contribution is 5.90. The predicted octanol–water partition coefficient (Wildman–Crippen LogP) is 6.49. The van der Waals surface area contributed by atoms with Gasteiger partial charge in [-0.1, -0.05) is 66.7 Å². The molecule has 0 amide bonds. The Morgan fingerprint density at radius 2 is 1.36 bits per heavy atom. The van der Waals surface area contributed by atoms with Crippen molar-refractivity contribution in [2.24, 2.45) is 0 Å². The SMILES string of the molecule is FC(F)(F)c1ccc(-c2nc(/C=C/c3ccccc3)c3ccccc3n2)cc1. The third-order valence-corrected chi connectivity index (χ3v) is 4.34. The molecule has 138 valence electrons. The number of para-hydroxylation sites is 1. The molecule has 0 aliphatic carbocycles. The van der Waals surface area contributed by atoms with E-state index < -0.39 is 11.7 Å². The maximum atomic E-state index is 12.8. The van der Waals surface area contributed by atoms with Gasteiger partial charge in [-0.2, -0.15) is 13.2 Å².